The van der Waals surface area contributed by atoms with Crippen LogP contribution < -0.4 is 10.1 Å². The average molecular weight is 326 g/mol. The van der Waals surface area contributed by atoms with E-state index in [2.05, 4.69) is 5.32 Å². The summed E-state index contributed by atoms with van der Waals surface area (Å²) in [6, 6.07) is 15.4. The summed E-state index contributed by atoms with van der Waals surface area (Å²) in [5, 5.41) is 3.53. The van der Waals surface area contributed by atoms with Crippen LogP contribution in [0.2, 0.25) is 5.02 Å². The minimum Gasteiger partial charge on any atom is -0.464 e. The van der Waals surface area contributed by atoms with Crippen LogP contribution in [0, 0.1) is 0 Å². The molecule has 116 valence electrons. The minimum absolute atomic E-state index is 0.131. The van der Waals surface area contributed by atoms with Gasteiger partial charge in [0.25, 0.3) is 5.91 Å². The van der Waals surface area contributed by atoms with Crippen molar-refractivity contribution < 1.29 is 9.53 Å². The van der Waals surface area contributed by atoms with Crippen LogP contribution in [0.4, 0.5) is 0 Å². The molecule has 0 atom stereocenters. The summed E-state index contributed by atoms with van der Waals surface area (Å²) in [5.74, 6) is 0.548. The molecule has 1 aliphatic rings. The Bertz CT molecular complexity index is 766. The van der Waals surface area contributed by atoms with Crippen LogP contribution in [0.15, 0.2) is 66.4 Å². The topological polar surface area (TPSA) is 38.3 Å². The van der Waals surface area contributed by atoms with Crippen LogP contribution in [0.1, 0.15) is 11.1 Å². The highest BCUT2D eigenvalue weighted by atomic mass is 35.5. The number of hydrogen-bond acceptors (Lipinski definition) is 2. The number of ether oxygens (including phenoxy) is 1. The van der Waals surface area contributed by atoms with Gasteiger partial charge in [0.05, 0.1) is 6.26 Å². The number of carbonyl (C=O) groups excluding carboxylic acids is 1. The second kappa shape index (κ2) is 7.16. The van der Waals surface area contributed by atoms with E-state index in [0.29, 0.717) is 22.9 Å². The number of hydrogen-bond donors (Lipinski definition) is 1. The quantitative estimate of drug-likeness (QED) is 0.923. The predicted molar refractivity (Wildman–Crippen MR) is 92.4 cm³/mol. The summed E-state index contributed by atoms with van der Waals surface area (Å²) in [7, 11) is 0. The van der Waals surface area contributed by atoms with Crippen molar-refractivity contribution in [3.8, 4) is 5.75 Å². The molecule has 1 aliphatic heterocycles. The number of halogens is 1. The number of benzene rings is 2. The third kappa shape index (κ3) is 4.02. The largest absolute Gasteiger partial charge is 0.464 e. The molecule has 0 saturated heterocycles. The van der Waals surface area contributed by atoms with Gasteiger partial charge in [0.2, 0.25) is 0 Å². The van der Waals surface area contributed by atoms with Crippen molar-refractivity contribution in [2.75, 3.05) is 6.54 Å². The van der Waals surface area contributed by atoms with Gasteiger partial charge in [0.15, 0.2) is 0 Å². The van der Waals surface area contributed by atoms with Crippen molar-refractivity contribution in [1.29, 1.82) is 0 Å². The smallest absolute Gasteiger partial charge is 0.251 e. The second-order valence-electron chi connectivity index (χ2n) is 5.19. The van der Waals surface area contributed by atoms with Crippen LogP contribution in [0.3, 0.4) is 0 Å². The average Bonchev–Trinajstić information content (AvgIpc) is 2.77. The molecule has 2 aromatic carbocycles. The van der Waals surface area contributed by atoms with Crippen molar-refractivity contribution in [2.45, 2.75) is 6.42 Å². The van der Waals surface area contributed by atoms with E-state index < -0.39 is 0 Å². The van der Waals surface area contributed by atoms with Gasteiger partial charge in [-0.3, -0.25) is 4.79 Å². The summed E-state index contributed by atoms with van der Waals surface area (Å²) in [6.45, 7) is 0.581. The van der Waals surface area contributed by atoms with Crippen LogP contribution >= 0.6 is 11.6 Å². The molecule has 0 aromatic heterocycles. The van der Waals surface area contributed by atoms with E-state index in [0.717, 1.165) is 12.0 Å². The monoisotopic (exact) mass is 325 g/mol. The van der Waals surface area contributed by atoms with E-state index in [4.69, 9.17) is 16.3 Å². The van der Waals surface area contributed by atoms with Gasteiger partial charge in [-0.25, -0.2) is 0 Å². The van der Waals surface area contributed by atoms with Crippen LogP contribution in [-0.4, -0.2) is 12.5 Å². The lowest BCUT2D eigenvalue weighted by Crippen LogP contribution is -2.26. The fraction of sp³-hybridized carbons (Fsp3) is 0.105. The molecule has 3 rings (SSSR count). The molecule has 0 spiro atoms. The molecule has 0 bridgehead atoms. The van der Waals surface area contributed by atoms with Gasteiger partial charge >= 0.3 is 0 Å². The lowest BCUT2D eigenvalue weighted by Gasteiger charge is -2.06. The molecule has 0 fully saturated rings. The Morgan fingerprint density at radius 3 is 2.78 bits per heavy atom. The number of fused-ring (bicyclic) bond motifs is 1. The highest BCUT2D eigenvalue weighted by Gasteiger charge is 2.12. The van der Waals surface area contributed by atoms with Gasteiger partial charge in [0.1, 0.15) is 5.75 Å². The number of carbonyl (C=O) groups is 1. The van der Waals surface area contributed by atoms with Crippen molar-refractivity contribution in [2.24, 2.45) is 0 Å². The Morgan fingerprint density at radius 2 is 1.96 bits per heavy atom. The van der Waals surface area contributed by atoms with Gasteiger partial charge in [-0.1, -0.05) is 41.9 Å². The highest BCUT2D eigenvalue weighted by molar-refractivity contribution is 6.30. The maximum atomic E-state index is 12.3. The number of nitrogens with one attached hydrogen (secondary N) is 1. The molecule has 0 aliphatic carbocycles. The maximum Gasteiger partial charge on any atom is 0.251 e. The molecule has 0 saturated carbocycles. The van der Waals surface area contributed by atoms with E-state index in [1.165, 1.54) is 11.8 Å². The first kappa shape index (κ1) is 15.4. The molecule has 0 unspecified atom stereocenters. The summed E-state index contributed by atoms with van der Waals surface area (Å²) in [5.41, 5.74) is 2.52. The summed E-state index contributed by atoms with van der Waals surface area (Å²) < 4.78 is 5.49. The zero-order chi connectivity index (χ0) is 16.1. The fourth-order valence-electron chi connectivity index (χ4n) is 2.34. The van der Waals surface area contributed by atoms with Crippen molar-refractivity contribution >= 4 is 23.6 Å². The molecule has 2 aromatic rings. The molecule has 1 heterocycles. The van der Waals surface area contributed by atoms with Crippen LogP contribution in [0.5, 0.6) is 5.75 Å². The lowest BCUT2D eigenvalue weighted by atomic mass is 10.1. The second-order valence-corrected chi connectivity index (χ2v) is 5.63. The SMILES string of the molecule is O=C(NCCc1ccccc1)C1=Cc2cc(Cl)ccc2OC=C1. The van der Waals surface area contributed by atoms with Crippen LogP contribution in [-0.2, 0) is 11.2 Å². The molecule has 3 nitrogen and oxygen atoms in total. The molecular formula is C19H16ClNO2. The third-order valence-corrected chi connectivity index (χ3v) is 3.76. The van der Waals surface area contributed by atoms with E-state index in [1.807, 2.05) is 30.3 Å². The van der Waals surface area contributed by atoms with E-state index in [9.17, 15) is 4.79 Å². The fourth-order valence-corrected chi connectivity index (χ4v) is 2.52. The van der Waals surface area contributed by atoms with Gasteiger partial charge in [-0.05, 0) is 42.3 Å². The minimum atomic E-state index is -0.131. The standard InChI is InChI=1S/C19H16ClNO2/c20-17-6-7-18-16(13-17)12-15(9-11-23-18)19(22)21-10-8-14-4-2-1-3-5-14/h1-7,9,11-13H,8,10H2,(H,21,22). The normalized spacial score (nSPS) is 12.7. The molecular weight excluding hydrogens is 310 g/mol. The summed E-state index contributed by atoms with van der Waals surface area (Å²) in [4.78, 5) is 12.3. The van der Waals surface area contributed by atoms with Gasteiger partial charge in [0, 0.05) is 22.7 Å². The molecule has 0 radical (unpaired) electrons. The Hall–Kier alpha value is -2.52. The molecule has 1 N–H and O–H groups in total. The van der Waals surface area contributed by atoms with Crippen molar-refractivity contribution in [3.05, 3.63) is 82.6 Å². The first-order valence-electron chi connectivity index (χ1n) is 7.39. The molecule has 23 heavy (non-hydrogen) atoms. The van der Waals surface area contributed by atoms with Gasteiger partial charge in [-0.15, -0.1) is 0 Å². The molecule has 4 heteroatoms. The zero-order valence-electron chi connectivity index (χ0n) is 12.5. The Labute approximate surface area is 140 Å². The summed E-state index contributed by atoms with van der Waals surface area (Å²) in [6.07, 6.45) is 5.75. The first-order valence-corrected chi connectivity index (χ1v) is 7.77. The Balaban J connectivity index is 1.67. The third-order valence-electron chi connectivity index (χ3n) is 3.53. The van der Waals surface area contributed by atoms with E-state index in [-0.39, 0.29) is 5.91 Å². The Kier molecular flexibility index (Phi) is 4.79. The zero-order valence-corrected chi connectivity index (χ0v) is 13.2. The molecule has 1 amide bonds. The van der Waals surface area contributed by atoms with Gasteiger partial charge < -0.3 is 10.1 Å². The van der Waals surface area contributed by atoms with Crippen molar-refractivity contribution in [3.63, 3.8) is 0 Å². The van der Waals surface area contributed by atoms with E-state index >= 15 is 0 Å². The van der Waals surface area contributed by atoms with E-state index in [1.54, 1.807) is 30.4 Å². The maximum absolute atomic E-state index is 12.3. The van der Waals surface area contributed by atoms with Crippen molar-refractivity contribution in [1.82, 2.24) is 5.32 Å². The first-order chi connectivity index (χ1) is 11.2. The van der Waals surface area contributed by atoms with Crippen LogP contribution in [0.25, 0.3) is 6.08 Å². The number of amides is 1. The summed E-state index contributed by atoms with van der Waals surface area (Å²) >= 11 is 6.00. The van der Waals surface area contributed by atoms with Gasteiger partial charge in [-0.2, -0.15) is 0 Å². The number of rotatable bonds is 4. The Morgan fingerprint density at radius 1 is 1.13 bits per heavy atom. The highest BCUT2D eigenvalue weighted by Crippen LogP contribution is 2.27. The predicted octanol–water partition coefficient (Wildman–Crippen LogP) is 3.99. The lowest BCUT2D eigenvalue weighted by molar-refractivity contribution is -0.117.